The molecule has 150 valence electrons. The quantitative estimate of drug-likeness (QED) is 0.508. The van der Waals surface area contributed by atoms with Crippen LogP contribution in [-0.4, -0.2) is 18.5 Å². The molecule has 0 aliphatic carbocycles. The summed E-state index contributed by atoms with van der Waals surface area (Å²) in [6.45, 7) is 8.12. The highest BCUT2D eigenvalue weighted by Gasteiger charge is 2.23. The van der Waals surface area contributed by atoms with Crippen LogP contribution in [0.1, 0.15) is 51.3 Å². The molecule has 1 aromatic heterocycles. The number of nitrogens with one attached hydrogen (secondary N) is 1. The van der Waals surface area contributed by atoms with Crippen LogP contribution in [0.5, 0.6) is 0 Å². The van der Waals surface area contributed by atoms with Gasteiger partial charge < -0.3 is 10.1 Å². The van der Waals surface area contributed by atoms with Gasteiger partial charge >= 0.3 is 5.97 Å². The number of hydrogen-bond acceptors (Lipinski definition) is 4. The minimum absolute atomic E-state index is 0.242. The van der Waals surface area contributed by atoms with Crippen molar-refractivity contribution in [2.75, 3.05) is 11.9 Å². The molecule has 1 amide bonds. The van der Waals surface area contributed by atoms with Crippen molar-refractivity contribution in [1.82, 2.24) is 0 Å². The lowest BCUT2D eigenvalue weighted by Gasteiger charge is -2.10. The van der Waals surface area contributed by atoms with Crippen molar-refractivity contribution in [2.45, 2.75) is 34.1 Å². The Morgan fingerprint density at radius 2 is 1.72 bits per heavy atom. The molecule has 1 N–H and O–H groups in total. The predicted octanol–water partition coefficient (Wildman–Crippen LogP) is 6.02. The Bertz CT molecular complexity index is 1030. The topological polar surface area (TPSA) is 55.4 Å². The summed E-state index contributed by atoms with van der Waals surface area (Å²) < 4.78 is 5.27. The maximum Gasteiger partial charge on any atom is 0.341 e. The first kappa shape index (κ1) is 20.8. The van der Waals surface area contributed by atoms with E-state index in [4.69, 9.17) is 4.74 Å². The summed E-state index contributed by atoms with van der Waals surface area (Å²) in [5.74, 6) is -0.674. The fraction of sp³-hybridized carbons (Fsp3) is 0.250. The van der Waals surface area contributed by atoms with E-state index < -0.39 is 5.97 Å². The molecule has 0 saturated carbocycles. The fourth-order valence-electron chi connectivity index (χ4n) is 3.05. The molecule has 3 rings (SSSR count). The molecule has 0 saturated heterocycles. The third-order valence-corrected chi connectivity index (χ3v) is 5.84. The lowest BCUT2D eigenvalue weighted by Crippen LogP contribution is -2.15. The van der Waals surface area contributed by atoms with E-state index in [1.807, 2.05) is 43.5 Å². The van der Waals surface area contributed by atoms with E-state index in [0.717, 1.165) is 28.7 Å². The normalized spacial score (nSPS) is 10.6. The van der Waals surface area contributed by atoms with Crippen molar-refractivity contribution in [3.05, 3.63) is 75.7 Å². The molecule has 29 heavy (non-hydrogen) atoms. The van der Waals surface area contributed by atoms with E-state index >= 15 is 0 Å². The van der Waals surface area contributed by atoms with Crippen LogP contribution in [0.3, 0.4) is 0 Å². The second-order valence-corrected chi connectivity index (χ2v) is 7.76. The van der Waals surface area contributed by atoms with E-state index in [9.17, 15) is 9.59 Å². The maximum atomic E-state index is 12.8. The van der Waals surface area contributed by atoms with Crippen LogP contribution in [0, 0.1) is 13.8 Å². The molecule has 3 aromatic rings. The largest absolute Gasteiger partial charge is 0.462 e. The summed E-state index contributed by atoms with van der Waals surface area (Å²) in [5.41, 5.74) is 6.06. The van der Waals surface area contributed by atoms with E-state index in [0.29, 0.717) is 16.1 Å². The molecule has 1 heterocycles. The van der Waals surface area contributed by atoms with Crippen molar-refractivity contribution in [3.63, 3.8) is 0 Å². The van der Waals surface area contributed by atoms with Gasteiger partial charge in [0.1, 0.15) is 10.6 Å². The second-order valence-electron chi connectivity index (χ2n) is 6.88. The Balaban J connectivity index is 1.97. The molecule has 0 aliphatic rings. The van der Waals surface area contributed by atoms with Gasteiger partial charge in [-0.2, -0.15) is 0 Å². The number of benzene rings is 2. The highest BCUT2D eigenvalue weighted by atomic mass is 32.1. The molecule has 0 unspecified atom stereocenters. The van der Waals surface area contributed by atoms with Crippen molar-refractivity contribution < 1.29 is 14.3 Å². The standard InChI is InChI=1S/C24H25NO3S/c1-5-17-8-11-18(12-9-17)20-14-29-23(21(20)24(27)28-6-2)25-22(26)19-10-7-15(3)16(4)13-19/h7-14H,5-6H2,1-4H3,(H,25,26). The second kappa shape index (κ2) is 9.05. The van der Waals surface area contributed by atoms with Crippen LogP contribution in [0.4, 0.5) is 5.00 Å². The Morgan fingerprint density at radius 1 is 1.00 bits per heavy atom. The molecule has 4 nitrogen and oxygen atoms in total. The minimum atomic E-state index is -0.432. The van der Waals surface area contributed by atoms with Gasteiger partial charge in [-0.25, -0.2) is 4.79 Å². The van der Waals surface area contributed by atoms with Crippen LogP contribution in [0.25, 0.3) is 11.1 Å². The van der Waals surface area contributed by atoms with Gasteiger partial charge in [-0.15, -0.1) is 11.3 Å². The lowest BCUT2D eigenvalue weighted by molar-refractivity contribution is 0.0529. The summed E-state index contributed by atoms with van der Waals surface area (Å²) in [7, 11) is 0. The molecule has 0 aliphatic heterocycles. The average molecular weight is 408 g/mol. The summed E-state index contributed by atoms with van der Waals surface area (Å²) in [6, 6.07) is 13.7. The van der Waals surface area contributed by atoms with Gasteiger partial charge in [0.25, 0.3) is 5.91 Å². The van der Waals surface area contributed by atoms with Crippen molar-refractivity contribution in [2.24, 2.45) is 0 Å². The number of hydrogen-bond donors (Lipinski definition) is 1. The Labute approximate surface area is 175 Å². The monoisotopic (exact) mass is 407 g/mol. The molecule has 0 bridgehead atoms. The average Bonchev–Trinajstić information content (AvgIpc) is 3.13. The highest BCUT2D eigenvalue weighted by molar-refractivity contribution is 7.15. The van der Waals surface area contributed by atoms with Gasteiger partial charge in [0.05, 0.1) is 6.61 Å². The number of carbonyl (C=O) groups excluding carboxylic acids is 2. The molecule has 2 aromatic carbocycles. The Morgan fingerprint density at radius 3 is 2.34 bits per heavy atom. The summed E-state index contributed by atoms with van der Waals surface area (Å²) in [6.07, 6.45) is 0.950. The van der Waals surface area contributed by atoms with Gasteiger partial charge in [0.15, 0.2) is 0 Å². The van der Waals surface area contributed by atoms with Crippen molar-refractivity contribution in [3.8, 4) is 11.1 Å². The Hall–Kier alpha value is -2.92. The van der Waals surface area contributed by atoms with Gasteiger partial charge in [-0.05, 0) is 61.6 Å². The van der Waals surface area contributed by atoms with Crippen LogP contribution in [0.15, 0.2) is 47.8 Å². The lowest BCUT2D eigenvalue weighted by atomic mass is 10.0. The number of amides is 1. The molecule has 0 spiro atoms. The first-order valence-corrected chi connectivity index (χ1v) is 10.6. The smallest absolute Gasteiger partial charge is 0.341 e. The van der Waals surface area contributed by atoms with E-state index in [2.05, 4.69) is 24.4 Å². The number of aryl methyl sites for hydroxylation is 3. The number of anilines is 1. The number of carbonyl (C=O) groups is 2. The molecule has 0 fully saturated rings. The van der Waals surface area contributed by atoms with Gasteiger partial charge in [-0.3, -0.25) is 4.79 Å². The van der Waals surface area contributed by atoms with Crippen LogP contribution < -0.4 is 5.32 Å². The predicted molar refractivity (Wildman–Crippen MR) is 119 cm³/mol. The zero-order valence-corrected chi connectivity index (χ0v) is 18.0. The van der Waals surface area contributed by atoms with Crippen molar-refractivity contribution in [1.29, 1.82) is 0 Å². The van der Waals surface area contributed by atoms with Gasteiger partial charge in [0, 0.05) is 16.5 Å². The van der Waals surface area contributed by atoms with E-state index in [1.165, 1.54) is 16.9 Å². The Kier molecular flexibility index (Phi) is 6.49. The maximum absolute atomic E-state index is 12.8. The molecule has 0 radical (unpaired) electrons. The summed E-state index contributed by atoms with van der Waals surface area (Å²) >= 11 is 1.33. The first-order chi connectivity index (χ1) is 13.9. The molecular formula is C24H25NO3S. The third-order valence-electron chi connectivity index (χ3n) is 4.94. The number of ether oxygens (including phenoxy) is 1. The van der Waals surface area contributed by atoms with Gasteiger partial charge in [-0.1, -0.05) is 37.3 Å². The zero-order chi connectivity index (χ0) is 21.0. The zero-order valence-electron chi connectivity index (χ0n) is 17.2. The van der Waals surface area contributed by atoms with Crippen LogP contribution in [-0.2, 0) is 11.2 Å². The molecule has 0 atom stereocenters. The highest BCUT2D eigenvalue weighted by Crippen LogP contribution is 2.36. The van der Waals surface area contributed by atoms with Crippen LogP contribution in [0.2, 0.25) is 0 Å². The number of thiophene rings is 1. The van der Waals surface area contributed by atoms with Gasteiger partial charge in [0.2, 0.25) is 0 Å². The van der Waals surface area contributed by atoms with E-state index in [1.54, 1.807) is 13.0 Å². The third kappa shape index (κ3) is 4.57. The number of rotatable bonds is 6. The minimum Gasteiger partial charge on any atom is -0.462 e. The van der Waals surface area contributed by atoms with Crippen LogP contribution >= 0.6 is 11.3 Å². The molecular weight excluding hydrogens is 382 g/mol. The first-order valence-electron chi connectivity index (χ1n) is 9.71. The number of esters is 1. The fourth-order valence-corrected chi connectivity index (χ4v) is 4.00. The molecule has 5 heteroatoms. The van der Waals surface area contributed by atoms with Crippen molar-refractivity contribution >= 4 is 28.2 Å². The van der Waals surface area contributed by atoms with E-state index in [-0.39, 0.29) is 12.5 Å². The summed E-state index contributed by atoms with van der Waals surface area (Å²) in [5, 5.41) is 5.30. The summed E-state index contributed by atoms with van der Waals surface area (Å²) in [4.78, 5) is 25.5. The SMILES string of the molecule is CCOC(=O)c1c(-c2ccc(CC)cc2)csc1NC(=O)c1ccc(C)c(C)c1.